The van der Waals surface area contributed by atoms with E-state index in [0.717, 1.165) is 62.7 Å². The highest BCUT2D eigenvalue weighted by Crippen LogP contribution is 2.52. The molecule has 0 radical (unpaired) electrons. The summed E-state index contributed by atoms with van der Waals surface area (Å²) in [7, 11) is 0. The van der Waals surface area contributed by atoms with Crippen LogP contribution in [0, 0.1) is 111 Å². The lowest BCUT2D eigenvalue weighted by atomic mass is 9.36. The number of hydrogen-bond acceptors (Lipinski definition) is 0. The van der Waals surface area contributed by atoms with Gasteiger partial charge in [0.05, 0.1) is 0 Å². The lowest BCUT2D eigenvalue weighted by molar-refractivity contribution is 0.382. The average Bonchev–Trinajstić information content (AvgIpc) is 1.01. The second-order valence-corrected chi connectivity index (χ2v) is 20.5. The summed E-state index contributed by atoms with van der Waals surface area (Å²) in [6, 6.07) is 31.1. The molecular weight excluding hydrogens is 1140 g/mol. The second-order valence-electron chi connectivity index (χ2n) is 20.5. The first kappa shape index (κ1) is 55.5. The van der Waals surface area contributed by atoms with Gasteiger partial charge in [-0.05, 0) is 95.0 Å². The van der Waals surface area contributed by atoms with Crippen LogP contribution < -0.4 is 32.8 Å². The molecule has 0 bridgehead atoms. The first-order valence-corrected chi connectivity index (χ1v) is 25.0. The van der Waals surface area contributed by atoms with Crippen molar-refractivity contribution in [3.63, 3.8) is 0 Å². The first-order valence-electron chi connectivity index (χ1n) is 25.0. The maximum Gasteiger partial charge on any atom is 0.257 e. The molecule has 0 saturated carbocycles. The van der Waals surface area contributed by atoms with E-state index in [9.17, 15) is 48.3 Å². The third-order valence-corrected chi connectivity index (χ3v) is 15.8. The van der Waals surface area contributed by atoms with Crippen LogP contribution in [0.2, 0.25) is 0 Å². The van der Waals surface area contributed by atoms with Gasteiger partial charge in [-0.1, -0.05) is 128 Å². The monoisotopic (exact) mass is 1170 g/mol. The largest absolute Gasteiger partial charge is 0.257 e. The summed E-state index contributed by atoms with van der Waals surface area (Å²) in [5.41, 5.74) is -4.24. The highest BCUT2D eigenvalue weighted by molar-refractivity contribution is 6.96. The number of hydrogen-bond donors (Lipinski definition) is 0. The SMILES string of the molecule is CC1(C)c2cc(-c3ccc(B(c4c(F)c(F)c(F)c(F)c4F)c4c(F)c(F)c(F)c(F)c4F)cc3)ccc2-c2cc3c4ccccc4c(-c4ccc(B(c5c(F)cc(F)c(F)c5F)c5c(F)c(F)c(F)c(F)c5F)cc4)cc3c3cccc1c23. The predicted molar refractivity (Wildman–Crippen MR) is 282 cm³/mol. The zero-order valence-electron chi connectivity index (χ0n) is 42.5. The van der Waals surface area contributed by atoms with Crippen LogP contribution in [0.15, 0.2) is 127 Å². The molecule has 0 heterocycles. The van der Waals surface area contributed by atoms with E-state index in [0.29, 0.717) is 38.4 Å². The van der Waals surface area contributed by atoms with Crippen molar-refractivity contribution in [3.8, 4) is 33.4 Å². The van der Waals surface area contributed by atoms with Gasteiger partial charge in [-0.15, -0.1) is 0 Å². The number of fused-ring (bicyclic) bond motifs is 6. The maximum absolute atomic E-state index is 15.6. The quantitative estimate of drug-likeness (QED) is 0.0468. The molecule has 11 aromatic rings. The minimum Gasteiger partial charge on any atom is -0.207 e. The Bertz CT molecular complexity index is 4540. The van der Waals surface area contributed by atoms with E-state index in [1.54, 1.807) is 30.3 Å². The molecule has 1 aliphatic carbocycles. The summed E-state index contributed by atoms with van der Waals surface area (Å²) < 4.78 is 284. The van der Waals surface area contributed by atoms with Gasteiger partial charge < -0.3 is 0 Å². The Labute approximate surface area is 462 Å². The van der Waals surface area contributed by atoms with Gasteiger partial charge in [-0.3, -0.25) is 0 Å². The third-order valence-electron chi connectivity index (χ3n) is 15.8. The van der Waals surface area contributed by atoms with E-state index in [4.69, 9.17) is 0 Å². The normalized spacial score (nSPS) is 12.7. The minimum atomic E-state index is -2.77. The molecule has 21 heteroatoms. The van der Waals surface area contributed by atoms with E-state index >= 15 is 35.1 Å². The molecule has 0 fully saturated rings. The Morgan fingerprint density at radius 3 is 1.15 bits per heavy atom. The molecule has 0 aromatic heterocycles. The smallest absolute Gasteiger partial charge is 0.207 e. The summed E-state index contributed by atoms with van der Waals surface area (Å²) in [6.07, 6.45) is 0. The molecule has 0 amide bonds. The van der Waals surface area contributed by atoms with Gasteiger partial charge >= 0.3 is 0 Å². The van der Waals surface area contributed by atoms with E-state index in [-0.39, 0.29) is 6.07 Å². The van der Waals surface area contributed by atoms with E-state index in [1.165, 1.54) is 24.3 Å². The zero-order chi connectivity index (χ0) is 60.0. The maximum atomic E-state index is 15.6. The van der Waals surface area contributed by atoms with Crippen molar-refractivity contribution < 1.29 is 83.4 Å². The fraction of sp³-hybridized carbons (Fsp3) is 0.0476. The van der Waals surface area contributed by atoms with Crippen LogP contribution in [0.25, 0.3) is 65.7 Å². The van der Waals surface area contributed by atoms with Crippen molar-refractivity contribution in [1.82, 2.24) is 0 Å². The number of benzene rings is 11. The molecule has 418 valence electrons. The van der Waals surface area contributed by atoms with Crippen molar-refractivity contribution in [2.45, 2.75) is 19.3 Å². The predicted octanol–water partition coefficient (Wildman–Crippen LogP) is 14.5. The lowest BCUT2D eigenvalue weighted by Crippen LogP contribution is -2.58. The number of halogens is 19. The molecule has 0 aliphatic heterocycles. The summed E-state index contributed by atoms with van der Waals surface area (Å²) in [6.45, 7) is -1.46. The van der Waals surface area contributed by atoms with E-state index in [1.807, 2.05) is 56.3 Å². The Hall–Kier alpha value is -9.00. The van der Waals surface area contributed by atoms with Crippen LogP contribution in [0.1, 0.15) is 25.0 Å². The molecule has 0 N–H and O–H groups in total. The fourth-order valence-corrected chi connectivity index (χ4v) is 11.8. The molecule has 1 aliphatic rings. The van der Waals surface area contributed by atoms with Gasteiger partial charge in [0.15, 0.2) is 105 Å². The molecule has 0 saturated heterocycles. The number of rotatable bonds is 8. The second kappa shape index (κ2) is 19.8. The van der Waals surface area contributed by atoms with Crippen LogP contribution in [0.4, 0.5) is 83.4 Å². The summed E-state index contributed by atoms with van der Waals surface area (Å²) in [4.78, 5) is 0. The Morgan fingerprint density at radius 1 is 0.262 bits per heavy atom. The topological polar surface area (TPSA) is 0 Å². The van der Waals surface area contributed by atoms with E-state index < -0.39 is 162 Å². The molecule has 0 spiro atoms. The fourth-order valence-electron chi connectivity index (χ4n) is 11.8. The lowest BCUT2D eigenvalue weighted by Gasteiger charge is -2.36. The Morgan fingerprint density at radius 2 is 0.655 bits per heavy atom. The van der Waals surface area contributed by atoms with Gasteiger partial charge in [0.1, 0.15) is 5.82 Å². The average molecular weight is 1170 g/mol. The molecule has 11 aromatic carbocycles. The minimum absolute atomic E-state index is 0.127. The summed E-state index contributed by atoms with van der Waals surface area (Å²) in [5, 5.41) is 4.28. The van der Waals surface area contributed by atoms with Crippen LogP contribution in [0.5, 0.6) is 0 Å². The van der Waals surface area contributed by atoms with Gasteiger partial charge in [0, 0.05) is 33.3 Å². The molecule has 0 atom stereocenters. The van der Waals surface area contributed by atoms with Crippen molar-refractivity contribution in [3.05, 3.63) is 249 Å². The first-order chi connectivity index (χ1) is 39.9. The van der Waals surface area contributed by atoms with Gasteiger partial charge in [-0.2, -0.15) is 0 Å². The Kier molecular flexibility index (Phi) is 13.1. The van der Waals surface area contributed by atoms with Crippen molar-refractivity contribution in [1.29, 1.82) is 0 Å². The zero-order valence-corrected chi connectivity index (χ0v) is 42.5. The van der Waals surface area contributed by atoms with E-state index in [2.05, 4.69) is 0 Å². The van der Waals surface area contributed by atoms with Crippen molar-refractivity contribution >= 4 is 78.5 Å². The van der Waals surface area contributed by atoms with Gasteiger partial charge in [0.2, 0.25) is 0 Å². The van der Waals surface area contributed by atoms with Crippen molar-refractivity contribution in [2.75, 3.05) is 0 Å². The molecule has 0 nitrogen and oxygen atoms in total. The van der Waals surface area contributed by atoms with Crippen molar-refractivity contribution in [2.24, 2.45) is 0 Å². The Balaban J connectivity index is 0.979. The van der Waals surface area contributed by atoms with Crippen LogP contribution in [-0.4, -0.2) is 13.4 Å². The molecule has 0 unspecified atom stereocenters. The highest BCUT2D eigenvalue weighted by Gasteiger charge is 2.43. The summed E-state index contributed by atoms with van der Waals surface area (Å²) >= 11 is 0. The summed E-state index contributed by atoms with van der Waals surface area (Å²) in [5.74, 6) is -46.7. The molecule has 12 rings (SSSR count). The molecule has 84 heavy (non-hydrogen) atoms. The standard InChI is InChI=1S/C63H27B2F19/c1-63(2)37-9-5-8-32-35-21-33(25-12-17-27(18-13-25)64(42-39(66)23-40(67)46(68)47(42)69)43-48(70)54(76)60(82)55(77)49(43)71)29-6-3-4-7-30(29)34(35)22-36(41(32)37)31-19-14-26(20-38(31)63)24-10-15-28(16-11-24)65(44-50(72)56(78)61(83)57(79)51(44)73)45-52(74)58(80)62(84)59(81)53(45)75/h3-23H,1-2H3. The van der Waals surface area contributed by atoms with Crippen LogP contribution in [0.3, 0.4) is 0 Å². The highest BCUT2D eigenvalue weighted by atomic mass is 19.2. The van der Waals surface area contributed by atoms with Gasteiger partial charge in [0.25, 0.3) is 13.4 Å². The van der Waals surface area contributed by atoms with Crippen LogP contribution >= 0.6 is 0 Å². The van der Waals surface area contributed by atoms with Gasteiger partial charge in [-0.25, -0.2) is 83.4 Å². The third kappa shape index (κ3) is 8.04. The molecular formula is C63H27B2F19. The van der Waals surface area contributed by atoms with Crippen LogP contribution in [-0.2, 0) is 5.41 Å².